The van der Waals surface area contributed by atoms with E-state index in [9.17, 15) is 14.9 Å². The molecule has 1 fully saturated rings. The molecule has 0 aliphatic heterocycles. The Hall–Kier alpha value is -1.34. The number of halogens is 1. The van der Waals surface area contributed by atoms with Crippen LogP contribution in [0.15, 0.2) is 12.3 Å². The summed E-state index contributed by atoms with van der Waals surface area (Å²) < 4.78 is 0. The second kappa shape index (κ2) is 7.09. The number of nitrogens with zero attached hydrogens (tertiary/aromatic N) is 2. The molecular weight excluding hydrogens is 314 g/mol. The third-order valence-electron chi connectivity index (χ3n) is 3.43. The molecule has 2 atom stereocenters. The highest BCUT2D eigenvalue weighted by molar-refractivity contribution is 7.99. The maximum Gasteiger partial charge on any atom is 0.319 e. The second-order valence-electron chi connectivity index (χ2n) is 4.82. The molecular formula is C13H16ClN3O3S. The van der Waals surface area contributed by atoms with Gasteiger partial charge in [-0.15, -0.1) is 0 Å². The molecule has 1 aliphatic carbocycles. The van der Waals surface area contributed by atoms with Crippen LogP contribution in [0.4, 0.5) is 5.69 Å². The Bertz CT molecular complexity index is 555. The first kappa shape index (κ1) is 16.0. The van der Waals surface area contributed by atoms with Gasteiger partial charge in [-0.25, -0.2) is 4.98 Å². The molecule has 0 bridgehead atoms. The summed E-state index contributed by atoms with van der Waals surface area (Å²) >= 11 is 7.60. The van der Waals surface area contributed by atoms with Crippen LogP contribution in [0.5, 0.6) is 0 Å². The van der Waals surface area contributed by atoms with Crippen molar-refractivity contribution in [3.8, 4) is 0 Å². The Labute approximate surface area is 131 Å². The first-order chi connectivity index (χ1) is 10.0. The number of amides is 1. The summed E-state index contributed by atoms with van der Waals surface area (Å²) in [5.74, 6) is 0.592. The van der Waals surface area contributed by atoms with Crippen LogP contribution in [0.3, 0.4) is 0 Å². The first-order valence-electron chi connectivity index (χ1n) is 6.74. The van der Waals surface area contributed by atoms with E-state index in [2.05, 4.69) is 17.2 Å². The molecule has 1 aromatic rings. The van der Waals surface area contributed by atoms with E-state index < -0.39 is 16.5 Å². The Balaban J connectivity index is 2.08. The monoisotopic (exact) mass is 329 g/mol. The van der Waals surface area contributed by atoms with Gasteiger partial charge in [0.15, 0.2) is 0 Å². The van der Waals surface area contributed by atoms with Crippen molar-refractivity contribution in [3.63, 3.8) is 0 Å². The standard InChI is InChI=1S/C13H16ClN3O3S/c1-2-21-9-4-3-8(7-9)16-13(18)10-5-6-15-12(14)11(10)17(19)20/h5-6,8-9H,2-4,7H2,1H3,(H,16,18). The van der Waals surface area contributed by atoms with E-state index in [4.69, 9.17) is 11.6 Å². The molecule has 0 spiro atoms. The van der Waals surface area contributed by atoms with Gasteiger partial charge in [-0.3, -0.25) is 14.9 Å². The predicted octanol–water partition coefficient (Wildman–Crippen LogP) is 3.05. The van der Waals surface area contributed by atoms with Crippen LogP contribution in [0.25, 0.3) is 0 Å². The average molecular weight is 330 g/mol. The molecule has 1 amide bonds. The number of aromatic nitrogens is 1. The Kier molecular flexibility index (Phi) is 5.41. The number of pyridine rings is 1. The quantitative estimate of drug-likeness (QED) is 0.510. The van der Waals surface area contributed by atoms with E-state index >= 15 is 0 Å². The third kappa shape index (κ3) is 3.85. The Morgan fingerprint density at radius 3 is 3.05 bits per heavy atom. The fourth-order valence-electron chi connectivity index (χ4n) is 2.51. The number of nitro groups is 1. The van der Waals surface area contributed by atoms with E-state index in [1.807, 2.05) is 11.8 Å². The molecule has 8 heteroatoms. The van der Waals surface area contributed by atoms with Crippen molar-refractivity contribution in [1.29, 1.82) is 0 Å². The van der Waals surface area contributed by atoms with Crippen LogP contribution >= 0.6 is 23.4 Å². The summed E-state index contributed by atoms with van der Waals surface area (Å²) in [6.45, 7) is 2.11. The minimum atomic E-state index is -0.672. The van der Waals surface area contributed by atoms with Crippen molar-refractivity contribution in [2.45, 2.75) is 37.5 Å². The second-order valence-corrected chi connectivity index (χ2v) is 6.75. The summed E-state index contributed by atoms with van der Waals surface area (Å²) in [5.41, 5.74) is -0.472. The number of hydrogen-bond donors (Lipinski definition) is 1. The number of carbonyl (C=O) groups excluding carboxylic acids is 1. The molecule has 21 heavy (non-hydrogen) atoms. The number of nitrogens with one attached hydrogen (secondary N) is 1. The molecule has 1 aromatic heterocycles. The summed E-state index contributed by atoms with van der Waals surface area (Å²) in [6, 6.07) is 1.39. The van der Waals surface area contributed by atoms with Gasteiger partial charge in [0.1, 0.15) is 5.56 Å². The van der Waals surface area contributed by atoms with Crippen LogP contribution in [0, 0.1) is 10.1 Å². The maximum atomic E-state index is 12.2. The Morgan fingerprint density at radius 2 is 2.38 bits per heavy atom. The Morgan fingerprint density at radius 1 is 1.62 bits per heavy atom. The molecule has 2 unspecified atom stereocenters. The molecule has 1 heterocycles. The van der Waals surface area contributed by atoms with Crippen LogP contribution in [-0.2, 0) is 0 Å². The van der Waals surface area contributed by atoms with Crippen LogP contribution in [0.2, 0.25) is 5.15 Å². The normalized spacial score (nSPS) is 21.2. The number of carbonyl (C=O) groups is 1. The molecule has 1 saturated carbocycles. The van der Waals surface area contributed by atoms with Gasteiger partial charge in [-0.2, -0.15) is 11.8 Å². The van der Waals surface area contributed by atoms with Gasteiger partial charge in [0.05, 0.1) is 4.92 Å². The number of rotatable bonds is 5. The zero-order chi connectivity index (χ0) is 15.4. The SMILES string of the molecule is CCSC1CCC(NC(=O)c2ccnc(Cl)c2[N+](=O)[O-])C1. The molecule has 1 aliphatic rings. The van der Waals surface area contributed by atoms with Crippen LogP contribution in [-0.4, -0.2) is 32.9 Å². The molecule has 2 rings (SSSR count). The lowest BCUT2D eigenvalue weighted by molar-refractivity contribution is -0.385. The molecule has 0 saturated heterocycles. The minimum Gasteiger partial charge on any atom is -0.349 e. The highest BCUT2D eigenvalue weighted by atomic mass is 35.5. The molecule has 0 radical (unpaired) electrons. The van der Waals surface area contributed by atoms with Crippen molar-refractivity contribution < 1.29 is 9.72 Å². The molecule has 6 nitrogen and oxygen atoms in total. The lowest BCUT2D eigenvalue weighted by Gasteiger charge is -2.13. The van der Waals surface area contributed by atoms with Gasteiger partial charge in [0.2, 0.25) is 5.15 Å². The maximum absolute atomic E-state index is 12.2. The largest absolute Gasteiger partial charge is 0.349 e. The number of hydrogen-bond acceptors (Lipinski definition) is 5. The van der Waals surface area contributed by atoms with Crippen molar-refractivity contribution >= 4 is 35.0 Å². The summed E-state index contributed by atoms with van der Waals surface area (Å²) in [5, 5.41) is 14.2. The summed E-state index contributed by atoms with van der Waals surface area (Å²) in [6.07, 6.45) is 4.16. The number of thioether (sulfide) groups is 1. The molecule has 1 N–H and O–H groups in total. The van der Waals surface area contributed by atoms with E-state index in [0.29, 0.717) is 5.25 Å². The van der Waals surface area contributed by atoms with Gasteiger partial charge < -0.3 is 5.32 Å². The first-order valence-corrected chi connectivity index (χ1v) is 8.17. The van der Waals surface area contributed by atoms with Crippen LogP contribution < -0.4 is 5.32 Å². The fraction of sp³-hybridized carbons (Fsp3) is 0.538. The van der Waals surface area contributed by atoms with Gasteiger partial charge in [-0.1, -0.05) is 18.5 Å². The van der Waals surface area contributed by atoms with Gasteiger partial charge in [0.25, 0.3) is 5.91 Å². The smallest absolute Gasteiger partial charge is 0.319 e. The zero-order valence-corrected chi connectivity index (χ0v) is 13.1. The van der Waals surface area contributed by atoms with Crippen molar-refractivity contribution in [2.24, 2.45) is 0 Å². The van der Waals surface area contributed by atoms with Crippen molar-refractivity contribution in [3.05, 3.63) is 33.1 Å². The third-order valence-corrected chi connectivity index (χ3v) is 4.94. The highest BCUT2D eigenvalue weighted by Crippen LogP contribution is 2.31. The van der Waals surface area contributed by atoms with E-state index in [0.717, 1.165) is 25.0 Å². The summed E-state index contributed by atoms with van der Waals surface area (Å²) in [7, 11) is 0. The predicted molar refractivity (Wildman–Crippen MR) is 82.9 cm³/mol. The lowest BCUT2D eigenvalue weighted by atomic mass is 10.2. The van der Waals surface area contributed by atoms with E-state index in [1.54, 1.807) is 0 Å². The van der Waals surface area contributed by atoms with Gasteiger partial charge in [0, 0.05) is 17.5 Å². The minimum absolute atomic E-state index is 0.0356. The van der Waals surface area contributed by atoms with Crippen molar-refractivity contribution in [1.82, 2.24) is 10.3 Å². The lowest BCUT2D eigenvalue weighted by Crippen LogP contribution is -2.33. The van der Waals surface area contributed by atoms with E-state index in [1.165, 1.54) is 12.3 Å². The highest BCUT2D eigenvalue weighted by Gasteiger charge is 2.29. The van der Waals surface area contributed by atoms with Gasteiger partial charge >= 0.3 is 5.69 Å². The summed E-state index contributed by atoms with van der Waals surface area (Å²) in [4.78, 5) is 26.2. The molecule has 114 valence electrons. The topological polar surface area (TPSA) is 85.1 Å². The average Bonchev–Trinajstić information content (AvgIpc) is 2.85. The van der Waals surface area contributed by atoms with E-state index in [-0.39, 0.29) is 16.8 Å². The van der Waals surface area contributed by atoms with Crippen LogP contribution in [0.1, 0.15) is 36.5 Å². The van der Waals surface area contributed by atoms with Crippen molar-refractivity contribution in [2.75, 3.05) is 5.75 Å². The zero-order valence-electron chi connectivity index (χ0n) is 11.5. The molecule has 0 aromatic carbocycles. The fourth-order valence-corrected chi connectivity index (χ4v) is 3.88. The van der Waals surface area contributed by atoms with Gasteiger partial charge in [-0.05, 0) is 31.1 Å².